The number of rotatable bonds is 5. The minimum absolute atomic E-state index is 0.111. The average Bonchev–Trinajstić information content (AvgIpc) is 2.67. The van der Waals surface area contributed by atoms with Gasteiger partial charge in [0.25, 0.3) is 0 Å². The lowest BCUT2D eigenvalue weighted by atomic mass is 9.93. The van der Waals surface area contributed by atoms with Crippen molar-refractivity contribution in [3.63, 3.8) is 0 Å². The molecular weight excluding hydrogens is 336 g/mol. The molecule has 0 aliphatic carbocycles. The predicted octanol–water partition coefficient (Wildman–Crippen LogP) is 4.56. The minimum atomic E-state index is -0.448. The molecule has 4 heteroatoms. The second kappa shape index (κ2) is 8.04. The van der Waals surface area contributed by atoms with E-state index in [0.717, 1.165) is 16.7 Å². The van der Waals surface area contributed by atoms with Crippen LogP contribution in [0.2, 0.25) is 0 Å². The number of aryl methyl sites for hydroxylation is 2. The number of nitrogens with one attached hydrogen (secondary N) is 1. The third-order valence-electron chi connectivity index (χ3n) is 4.67. The molecule has 0 bridgehead atoms. The zero-order valence-corrected chi connectivity index (χ0v) is 15.9. The van der Waals surface area contributed by atoms with Gasteiger partial charge in [-0.2, -0.15) is 0 Å². The van der Waals surface area contributed by atoms with Gasteiger partial charge in [0.15, 0.2) is 5.78 Å². The zero-order chi connectivity index (χ0) is 19.4. The molecule has 1 aliphatic heterocycles. The first kappa shape index (κ1) is 18.6. The van der Waals surface area contributed by atoms with Gasteiger partial charge in [0, 0.05) is 18.3 Å². The van der Waals surface area contributed by atoms with Crippen molar-refractivity contribution in [2.24, 2.45) is 0 Å². The number of carbonyl (C=O) groups excluding carboxylic acids is 2. The lowest BCUT2D eigenvalue weighted by Gasteiger charge is -2.31. The topological polar surface area (TPSA) is 49.4 Å². The van der Waals surface area contributed by atoms with Crippen LogP contribution in [0.25, 0.3) is 6.08 Å². The van der Waals surface area contributed by atoms with Crippen molar-refractivity contribution < 1.29 is 9.59 Å². The van der Waals surface area contributed by atoms with Crippen molar-refractivity contribution in [1.29, 1.82) is 0 Å². The third-order valence-corrected chi connectivity index (χ3v) is 4.67. The number of nitrogens with zero attached hydrogens (tertiary/aromatic N) is 1. The van der Waals surface area contributed by atoms with E-state index in [-0.39, 0.29) is 11.8 Å². The summed E-state index contributed by atoms with van der Waals surface area (Å²) in [6.45, 7) is 6.42. The third kappa shape index (κ3) is 4.34. The smallest absolute Gasteiger partial charge is 0.322 e. The second-order valence-electron chi connectivity index (χ2n) is 6.77. The quantitative estimate of drug-likeness (QED) is 0.795. The van der Waals surface area contributed by atoms with Crippen LogP contribution in [0.4, 0.5) is 4.79 Å². The Balaban J connectivity index is 1.91. The molecule has 138 valence electrons. The van der Waals surface area contributed by atoms with E-state index in [4.69, 9.17) is 0 Å². The fourth-order valence-corrected chi connectivity index (χ4v) is 2.99. The maximum atomic E-state index is 12.9. The Bertz CT molecular complexity index is 893. The fourth-order valence-electron chi connectivity index (χ4n) is 2.99. The van der Waals surface area contributed by atoms with Crippen LogP contribution in [0.15, 0.2) is 66.4 Å². The molecule has 27 heavy (non-hydrogen) atoms. The normalized spacial score (nSPS) is 17.0. The van der Waals surface area contributed by atoms with E-state index >= 15 is 0 Å². The molecule has 0 saturated heterocycles. The predicted molar refractivity (Wildman–Crippen MR) is 108 cm³/mol. The van der Waals surface area contributed by atoms with E-state index < -0.39 is 6.04 Å². The first-order chi connectivity index (χ1) is 13.0. The molecule has 0 fully saturated rings. The van der Waals surface area contributed by atoms with E-state index in [1.165, 1.54) is 10.5 Å². The summed E-state index contributed by atoms with van der Waals surface area (Å²) in [6, 6.07) is 15.2. The van der Waals surface area contributed by atoms with Crippen LogP contribution in [-0.2, 0) is 4.79 Å². The maximum absolute atomic E-state index is 12.9. The van der Waals surface area contributed by atoms with E-state index in [2.05, 4.69) is 5.32 Å². The monoisotopic (exact) mass is 360 g/mol. The molecule has 1 atom stereocenters. The highest BCUT2D eigenvalue weighted by Gasteiger charge is 2.30. The number of carbonyl (C=O) groups is 2. The molecule has 2 aromatic carbocycles. The summed E-state index contributed by atoms with van der Waals surface area (Å²) in [5.74, 6) is -0.111. The van der Waals surface area contributed by atoms with E-state index in [9.17, 15) is 9.59 Å². The van der Waals surface area contributed by atoms with Gasteiger partial charge in [0.1, 0.15) is 0 Å². The van der Waals surface area contributed by atoms with Gasteiger partial charge in [-0.1, -0.05) is 65.7 Å². The van der Waals surface area contributed by atoms with Crippen LogP contribution in [-0.4, -0.2) is 23.3 Å². The summed E-state index contributed by atoms with van der Waals surface area (Å²) < 4.78 is 0. The van der Waals surface area contributed by atoms with Crippen LogP contribution >= 0.6 is 0 Å². The maximum Gasteiger partial charge on any atom is 0.322 e. The molecule has 0 aromatic heterocycles. The molecule has 2 amide bonds. The summed E-state index contributed by atoms with van der Waals surface area (Å²) in [7, 11) is 0. The Morgan fingerprint density at radius 1 is 1.04 bits per heavy atom. The molecule has 0 saturated carbocycles. The first-order valence-electron chi connectivity index (χ1n) is 9.12. The lowest BCUT2D eigenvalue weighted by Crippen LogP contribution is -2.44. The van der Waals surface area contributed by atoms with Crippen molar-refractivity contribution in [2.75, 3.05) is 6.54 Å². The summed E-state index contributed by atoms with van der Waals surface area (Å²) in [4.78, 5) is 26.7. The molecule has 0 unspecified atom stereocenters. The van der Waals surface area contributed by atoms with Gasteiger partial charge in [-0.25, -0.2) is 4.79 Å². The summed E-state index contributed by atoms with van der Waals surface area (Å²) >= 11 is 0. The van der Waals surface area contributed by atoms with Gasteiger partial charge in [-0.05, 0) is 38.0 Å². The van der Waals surface area contributed by atoms with Gasteiger partial charge in [-0.15, -0.1) is 0 Å². The largest absolute Gasteiger partial charge is 0.327 e. The van der Waals surface area contributed by atoms with Crippen molar-refractivity contribution >= 4 is 17.9 Å². The molecule has 0 spiro atoms. The first-order valence-corrected chi connectivity index (χ1v) is 9.12. The van der Waals surface area contributed by atoms with Crippen molar-refractivity contribution in [3.05, 3.63) is 88.6 Å². The Morgan fingerprint density at radius 2 is 1.63 bits per heavy atom. The summed E-state index contributed by atoms with van der Waals surface area (Å²) in [5.41, 5.74) is 4.73. The van der Waals surface area contributed by atoms with Crippen LogP contribution in [0.5, 0.6) is 0 Å². The lowest BCUT2D eigenvalue weighted by molar-refractivity contribution is -0.111. The Labute approximate surface area is 160 Å². The zero-order valence-electron chi connectivity index (χ0n) is 15.9. The highest BCUT2D eigenvalue weighted by atomic mass is 16.2. The SMILES string of the molecule is CCN1C=C(C(=O)/C=C/c2ccc(C)cc2)[C@H](c2ccc(C)cc2)NC1=O. The Hall–Kier alpha value is -3.14. The fraction of sp³-hybridized carbons (Fsp3) is 0.217. The molecule has 0 radical (unpaired) electrons. The second-order valence-corrected chi connectivity index (χ2v) is 6.77. The van der Waals surface area contributed by atoms with Gasteiger partial charge in [-0.3, -0.25) is 4.79 Å². The average molecular weight is 360 g/mol. The van der Waals surface area contributed by atoms with Gasteiger partial charge in [0.2, 0.25) is 0 Å². The molecule has 4 nitrogen and oxygen atoms in total. The molecular formula is C23H24N2O2. The number of hydrogen-bond acceptors (Lipinski definition) is 2. The number of allylic oxidation sites excluding steroid dienone is 1. The van der Waals surface area contributed by atoms with Crippen LogP contribution in [0, 0.1) is 13.8 Å². The molecule has 1 N–H and O–H groups in total. The van der Waals surface area contributed by atoms with Crippen LogP contribution in [0.3, 0.4) is 0 Å². The standard InChI is InChI=1S/C23H24N2O2/c1-4-25-15-20(21(26)14-11-18-9-5-16(2)6-10-18)22(24-23(25)27)19-12-7-17(3)8-13-19/h5-15,22H,4H2,1-3H3,(H,24,27)/b14-11+/t22-/m0/s1. The van der Waals surface area contributed by atoms with Gasteiger partial charge >= 0.3 is 6.03 Å². The summed E-state index contributed by atoms with van der Waals surface area (Å²) in [5, 5.41) is 2.95. The molecule has 2 aromatic rings. The molecule has 1 aliphatic rings. The van der Waals surface area contributed by atoms with E-state index in [0.29, 0.717) is 12.1 Å². The van der Waals surface area contributed by atoms with Crippen LogP contribution in [0.1, 0.15) is 35.2 Å². The number of urea groups is 1. The number of benzene rings is 2. The molecule has 3 rings (SSSR count). The highest BCUT2D eigenvalue weighted by Crippen LogP contribution is 2.27. The van der Waals surface area contributed by atoms with Crippen molar-refractivity contribution in [1.82, 2.24) is 10.2 Å². The van der Waals surface area contributed by atoms with Crippen molar-refractivity contribution in [3.8, 4) is 0 Å². The van der Waals surface area contributed by atoms with E-state index in [1.54, 1.807) is 12.3 Å². The minimum Gasteiger partial charge on any atom is -0.327 e. The Morgan fingerprint density at radius 3 is 2.22 bits per heavy atom. The summed E-state index contributed by atoms with van der Waals surface area (Å²) in [6.07, 6.45) is 5.05. The number of ketones is 1. The number of hydrogen-bond donors (Lipinski definition) is 1. The van der Waals surface area contributed by atoms with Gasteiger partial charge < -0.3 is 10.2 Å². The van der Waals surface area contributed by atoms with Crippen molar-refractivity contribution in [2.45, 2.75) is 26.8 Å². The number of amides is 2. The van der Waals surface area contributed by atoms with Crippen LogP contribution < -0.4 is 5.32 Å². The Kier molecular flexibility index (Phi) is 5.55. The highest BCUT2D eigenvalue weighted by molar-refractivity contribution is 6.08. The molecule has 1 heterocycles. The van der Waals surface area contributed by atoms with E-state index in [1.807, 2.05) is 75.4 Å². The van der Waals surface area contributed by atoms with Gasteiger partial charge in [0.05, 0.1) is 6.04 Å².